The lowest BCUT2D eigenvalue weighted by molar-refractivity contribution is 0.0296. The third-order valence-electron chi connectivity index (χ3n) is 5.55. The van der Waals surface area contributed by atoms with Gasteiger partial charge in [-0.2, -0.15) is 0 Å². The maximum absolute atomic E-state index is 12.9. The first kappa shape index (κ1) is 20.1. The summed E-state index contributed by atoms with van der Waals surface area (Å²) in [5.41, 5.74) is 1.90. The Morgan fingerprint density at radius 2 is 1.82 bits per heavy atom. The van der Waals surface area contributed by atoms with Gasteiger partial charge in [0.2, 0.25) is 0 Å². The van der Waals surface area contributed by atoms with Gasteiger partial charge in [-0.1, -0.05) is 43.2 Å². The van der Waals surface area contributed by atoms with Gasteiger partial charge >= 0.3 is 5.97 Å². The van der Waals surface area contributed by atoms with Crippen molar-refractivity contribution in [1.29, 1.82) is 0 Å². The molecule has 2 aromatic rings. The predicted molar refractivity (Wildman–Crippen MR) is 108 cm³/mol. The van der Waals surface area contributed by atoms with Crippen molar-refractivity contribution in [2.24, 2.45) is 0 Å². The van der Waals surface area contributed by atoms with Crippen LogP contribution in [0.15, 0.2) is 48.5 Å². The van der Waals surface area contributed by atoms with Crippen LogP contribution < -0.4 is 0 Å². The van der Waals surface area contributed by atoms with E-state index in [0.29, 0.717) is 24.1 Å². The van der Waals surface area contributed by atoms with E-state index in [1.54, 1.807) is 36.2 Å². The van der Waals surface area contributed by atoms with E-state index in [4.69, 9.17) is 4.74 Å². The summed E-state index contributed by atoms with van der Waals surface area (Å²) in [5, 5.41) is 10.5. The van der Waals surface area contributed by atoms with Gasteiger partial charge in [-0.25, -0.2) is 4.79 Å². The molecule has 28 heavy (non-hydrogen) atoms. The molecule has 1 amide bonds. The zero-order valence-electron chi connectivity index (χ0n) is 16.5. The number of esters is 1. The van der Waals surface area contributed by atoms with Gasteiger partial charge in [0.05, 0.1) is 18.3 Å². The molecule has 1 aliphatic carbocycles. The fourth-order valence-corrected chi connectivity index (χ4v) is 3.82. The molecule has 1 fully saturated rings. The largest absolute Gasteiger partial charge is 0.465 e. The lowest BCUT2D eigenvalue weighted by atomic mass is 9.97. The van der Waals surface area contributed by atoms with Crippen LogP contribution in [-0.2, 0) is 4.74 Å². The standard InChI is InChI=1S/C23H27NO4/c1-24(15-14-23(27)12-5-6-13-23)21(25)18-9-7-8-17(16-18)19-10-3-4-11-20(19)22(26)28-2/h3-4,7-11,16,27H,5-6,12-15H2,1-2H3. The molecule has 0 aliphatic heterocycles. The average molecular weight is 381 g/mol. The minimum absolute atomic E-state index is 0.0982. The zero-order chi connectivity index (χ0) is 20.1. The molecule has 1 aliphatic rings. The Balaban J connectivity index is 1.78. The summed E-state index contributed by atoms with van der Waals surface area (Å²) in [6.07, 6.45) is 4.33. The van der Waals surface area contributed by atoms with Crippen LogP contribution in [0.5, 0.6) is 0 Å². The normalized spacial score (nSPS) is 15.2. The molecule has 5 heteroatoms. The quantitative estimate of drug-likeness (QED) is 0.771. The first-order valence-electron chi connectivity index (χ1n) is 9.69. The second-order valence-corrected chi connectivity index (χ2v) is 7.53. The maximum atomic E-state index is 12.9. The summed E-state index contributed by atoms with van der Waals surface area (Å²) in [7, 11) is 3.11. The van der Waals surface area contributed by atoms with E-state index >= 15 is 0 Å². The molecule has 2 aromatic carbocycles. The number of benzene rings is 2. The summed E-state index contributed by atoms with van der Waals surface area (Å²) in [6, 6.07) is 14.4. The molecule has 5 nitrogen and oxygen atoms in total. The number of rotatable bonds is 6. The fraction of sp³-hybridized carbons (Fsp3) is 0.391. The first-order valence-corrected chi connectivity index (χ1v) is 9.69. The average Bonchev–Trinajstić information content (AvgIpc) is 3.17. The molecule has 0 bridgehead atoms. The van der Waals surface area contributed by atoms with Crippen molar-refractivity contribution in [3.8, 4) is 11.1 Å². The molecule has 0 heterocycles. The van der Waals surface area contributed by atoms with Gasteiger partial charge in [-0.05, 0) is 48.6 Å². The molecule has 0 radical (unpaired) electrons. The van der Waals surface area contributed by atoms with Crippen LogP contribution >= 0.6 is 0 Å². The van der Waals surface area contributed by atoms with Crippen molar-refractivity contribution in [3.63, 3.8) is 0 Å². The van der Waals surface area contributed by atoms with Crippen LogP contribution in [0.4, 0.5) is 0 Å². The third kappa shape index (κ3) is 4.42. The monoisotopic (exact) mass is 381 g/mol. The van der Waals surface area contributed by atoms with E-state index < -0.39 is 11.6 Å². The van der Waals surface area contributed by atoms with Crippen molar-refractivity contribution >= 4 is 11.9 Å². The van der Waals surface area contributed by atoms with Gasteiger partial charge in [0, 0.05) is 19.2 Å². The second-order valence-electron chi connectivity index (χ2n) is 7.53. The number of hydrogen-bond donors (Lipinski definition) is 1. The van der Waals surface area contributed by atoms with Crippen LogP contribution in [0.3, 0.4) is 0 Å². The SMILES string of the molecule is COC(=O)c1ccccc1-c1cccc(C(=O)N(C)CCC2(O)CCCC2)c1. The summed E-state index contributed by atoms with van der Waals surface area (Å²) < 4.78 is 4.87. The molecule has 0 unspecified atom stereocenters. The smallest absolute Gasteiger partial charge is 0.338 e. The Bertz CT molecular complexity index is 855. The Hall–Kier alpha value is -2.66. The predicted octanol–water partition coefficient (Wildman–Crippen LogP) is 3.91. The van der Waals surface area contributed by atoms with Gasteiger partial charge in [0.15, 0.2) is 0 Å². The molecule has 148 valence electrons. The Morgan fingerprint density at radius 3 is 2.54 bits per heavy atom. The van der Waals surface area contributed by atoms with Crippen LogP contribution in [0.25, 0.3) is 11.1 Å². The van der Waals surface area contributed by atoms with Gasteiger partial charge in [-0.15, -0.1) is 0 Å². The van der Waals surface area contributed by atoms with E-state index in [1.165, 1.54) is 7.11 Å². The topological polar surface area (TPSA) is 66.8 Å². The third-order valence-corrected chi connectivity index (χ3v) is 5.55. The van der Waals surface area contributed by atoms with Crippen molar-refractivity contribution in [3.05, 3.63) is 59.7 Å². The molecule has 0 saturated heterocycles. The molecule has 1 N–H and O–H groups in total. The Labute approximate surface area is 165 Å². The van der Waals surface area contributed by atoms with E-state index in [1.807, 2.05) is 24.3 Å². The highest BCUT2D eigenvalue weighted by Crippen LogP contribution is 2.32. The highest BCUT2D eigenvalue weighted by atomic mass is 16.5. The van der Waals surface area contributed by atoms with E-state index in [9.17, 15) is 14.7 Å². The van der Waals surface area contributed by atoms with Crippen molar-refractivity contribution < 1.29 is 19.4 Å². The van der Waals surface area contributed by atoms with Crippen molar-refractivity contribution in [1.82, 2.24) is 4.90 Å². The van der Waals surface area contributed by atoms with Gasteiger partial charge in [-0.3, -0.25) is 4.79 Å². The van der Waals surface area contributed by atoms with Gasteiger partial charge < -0.3 is 14.7 Å². The molecule has 3 rings (SSSR count). The van der Waals surface area contributed by atoms with E-state index in [0.717, 1.165) is 36.8 Å². The fourth-order valence-electron chi connectivity index (χ4n) is 3.82. The maximum Gasteiger partial charge on any atom is 0.338 e. The zero-order valence-corrected chi connectivity index (χ0v) is 16.5. The van der Waals surface area contributed by atoms with E-state index in [-0.39, 0.29) is 5.91 Å². The minimum atomic E-state index is -0.629. The van der Waals surface area contributed by atoms with Crippen LogP contribution in [0.2, 0.25) is 0 Å². The number of ether oxygens (including phenoxy) is 1. The Kier molecular flexibility index (Phi) is 6.15. The van der Waals surface area contributed by atoms with Crippen LogP contribution in [-0.4, -0.2) is 48.2 Å². The van der Waals surface area contributed by atoms with Crippen LogP contribution in [0.1, 0.15) is 52.8 Å². The summed E-state index contributed by atoms with van der Waals surface area (Å²) in [4.78, 5) is 26.6. The van der Waals surface area contributed by atoms with Gasteiger partial charge in [0.25, 0.3) is 5.91 Å². The van der Waals surface area contributed by atoms with Crippen molar-refractivity contribution in [2.75, 3.05) is 20.7 Å². The molecular formula is C23H27NO4. The van der Waals surface area contributed by atoms with Crippen molar-refractivity contribution in [2.45, 2.75) is 37.7 Å². The lowest BCUT2D eigenvalue weighted by Crippen LogP contribution is -2.34. The number of methoxy groups -OCH3 is 1. The first-order chi connectivity index (χ1) is 13.4. The summed E-state index contributed by atoms with van der Waals surface area (Å²) in [5.74, 6) is -0.506. The molecule has 0 atom stereocenters. The molecule has 1 saturated carbocycles. The number of hydrogen-bond acceptors (Lipinski definition) is 4. The lowest BCUT2D eigenvalue weighted by Gasteiger charge is -2.26. The molecule has 0 spiro atoms. The van der Waals surface area contributed by atoms with Gasteiger partial charge in [0.1, 0.15) is 0 Å². The van der Waals surface area contributed by atoms with E-state index in [2.05, 4.69) is 0 Å². The minimum Gasteiger partial charge on any atom is -0.465 e. The number of aliphatic hydroxyl groups is 1. The second kappa shape index (κ2) is 8.57. The Morgan fingerprint density at radius 1 is 1.11 bits per heavy atom. The number of nitrogens with zero attached hydrogens (tertiary/aromatic N) is 1. The number of carbonyl (C=O) groups excluding carboxylic acids is 2. The summed E-state index contributed by atoms with van der Waals surface area (Å²) >= 11 is 0. The van der Waals surface area contributed by atoms with Crippen LogP contribution in [0, 0.1) is 0 Å². The molecular weight excluding hydrogens is 354 g/mol. The number of carbonyl (C=O) groups is 2. The highest BCUT2D eigenvalue weighted by molar-refractivity contribution is 5.99. The highest BCUT2D eigenvalue weighted by Gasteiger charge is 2.31. The number of amides is 1. The summed E-state index contributed by atoms with van der Waals surface area (Å²) in [6.45, 7) is 0.512. The molecule has 0 aromatic heterocycles.